The first-order valence-corrected chi connectivity index (χ1v) is 12.3. The first-order valence-electron chi connectivity index (χ1n) is 12.3. The van der Waals surface area contributed by atoms with Gasteiger partial charge in [0.1, 0.15) is 12.0 Å². The lowest BCUT2D eigenvalue weighted by atomic mass is 9.86. The summed E-state index contributed by atoms with van der Waals surface area (Å²) in [6.45, 7) is 13.7. The van der Waals surface area contributed by atoms with Gasteiger partial charge in [-0.25, -0.2) is 9.78 Å². The van der Waals surface area contributed by atoms with Crippen molar-refractivity contribution in [1.29, 1.82) is 0 Å². The van der Waals surface area contributed by atoms with Gasteiger partial charge in [0.05, 0.1) is 18.2 Å². The highest BCUT2D eigenvalue weighted by atomic mass is 16.5. The van der Waals surface area contributed by atoms with Crippen LogP contribution in [0.15, 0.2) is 53.1 Å². The molecule has 0 aliphatic rings. The van der Waals surface area contributed by atoms with E-state index in [2.05, 4.69) is 42.5 Å². The van der Waals surface area contributed by atoms with E-state index in [4.69, 9.17) is 9.15 Å². The molecule has 1 unspecified atom stereocenters. The number of carbonyl (C=O) groups is 2. The van der Waals surface area contributed by atoms with Crippen molar-refractivity contribution in [2.24, 2.45) is 0 Å². The third kappa shape index (κ3) is 7.67. The molecule has 0 aliphatic heterocycles. The highest BCUT2D eigenvalue weighted by molar-refractivity contribution is 5.92. The number of nitrogens with one attached hydrogen (secondary N) is 2. The predicted molar refractivity (Wildman–Crippen MR) is 143 cm³/mol. The first kappa shape index (κ1) is 27.9. The number of hydrogen-bond donors (Lipinski definition) is 3. The van der Waals surface area contributed by atoms with Crippen molar-refractivity contribution in [2.75, 3.05) is 5.32 Å². The van der Waals surface area contributed by atoms with Crippen LogP contribution in [-0.2, 0) is 21.5 Å². The standard InChI is InChI=1S/C29H37N3O5/c1-18-14-21(28(3,4)5)10-13-23(18)32-25(33)15-24(26-31-19(2)17-36-26)30-16-20-8-11-22(12-9-20)37-29(6,7)27(34)35/h8-14,17,24,30H,15-16H2,1-7H3,(H,32,33)(H,34,35). The summed E-state index contributed by atoms with van der Waals surface area (Å²) in [5.41, 5.74) is 3.36. The topological polar surface area (TPSA) is 114 Å². The molecule has 0 fully saturated rings. The molecule has 8 heteroatoms. The number of nitrogens with zero attached hydrogens (tertiary/aromatic N) is 1. The number of aryl methyl sites for hydroxylation is 2. The van der Waals surface area contributed by atoms with Crippen molar-refractivity contribution in [3.8, 4) is 5.75 Å². The summed E-state index contributed by atoms with van der Waals surface area (Å²) in [5.74, 6) is -0.292. The van der Waals surface area contributed by atoms with E-state index in [0.717, 1.165) is 22.5 Å². The molecule has 3 rings (SSSR count). The van der Waals surface area contributed by atoms with Gasteiger partial charge in [0.2, 0.25) is 11.8 Å². The number of ether oxygens (including phenoxy) is 1. The van der Waals surface area contributed by atoms with Crippen molar-refractivity contribution >= 4 is 17.6 Å². The largest absolute Gasteiger partial charge is 0.478 e. The quantitative estimate of drug-likeness (QED) is 0.323. The van der Waals surface area contributed by atoms with Crippen LogP contribution >= 0.6 is 0 Å². The van der Waals surface area contributed by atoms with Gasteiger partial charge in [-0.3, -0.25) is 4.79 Å². The van der Waals surface area contributed by atoms with Crippen LogP contribution in [0.1, 0.15) is 75.4 Å². The maximum Gasteiger partial charge on any atom is 0.347 e. The van der Waals surface area contributed by atoms with Gasteiger partial charge in [0, 0.05) is 12.2 Å². The van der Waals surface area contributed by atoms with E-state index in [1.807, 2.05) is 38.1 Å². The third-order valence-corrected chi connectivity index (χ3v) is 6.05. The fourth-order valence-electron chi connectivity index (χ4n) is 3.69. The summed E-state index contributed by atoms with van der Waals surface area (Å²) in [7, 11) is 0. The zero-order valence-electron chi connectivity index (χ0n) is 22.6. The number of anilines is 1. The Morgan fingerprint density at radius 2 is 1.73 bits per heavy atom. The molecule has 198 valence electrons. The molecular weight excluding hydrogens is 470 g/mol. The molecule has 37 heavy (non-hydrogen) atoms. The number of rotatable bonds is 10. The van der Waals surface area contributed by atoms with Gasteiger partial charge >= 0.3 is 5.97 Å². The van der Waals surface area contributed by atoms with E-state index >= 15 is 0 Å². The molecule has 3 N–H and O–H groups in total. The molecule has 1 atom stereocenters. The molecule has 3 aromatic rings. The Balaban J connectivity index is 1.67. The number of benzene rings is 2. The summed E-state index contributed by atoms with van der Waals surface area (Å²) in [4.78, 5) is 28.7. The fraction of sp³-hybridized carbons (Fsp3) is 0.414. The third-order valence-electron chi connectivity index (χ3n) is 6.05. The molecule has 0 spiro atoms. The lowest BCUT2D eigenvalue weighted by Gasteiger charge is -2.22. The summed E-state index contributed by atoms with van der Waals surface area (Å²) >= 11 is 0. The van der Waals surface area contributed by atoms with Gasteiger partial charge in [0.15, 0.2) is 5.60 Å². The maximum atomic E-state index is 13.0. The Labute approximate surface area is 218 Å². The van der Waals surface area contributed by atoms with Crippen molar-refractivity contribution in [2.45, 2.75) is 78.5 Å². The van der Waals surface area contributed by atoms with Gasteiger partial charge < -0.3 is 24.9 Å². The predicted octanol–water partition coefficient (Wildman–Crippen LogP) is 5.69. The molecule has 2 aromatic carbocycles. The van der Waals surface area contributed by atoms with E-state index in [-0.39, 0.29) is 17.7 Å². The SMILES string of the molecule is Cc1coc(C(CC(=O)Nc2ccc(C(C)(C)C)cc2C)NCc2ccc(OC(C)(C)C(=O)O)cc2)n1. The van der Waals surface area contributed by atoms with Crippen molar-refractivity contribution in [1.82, 2.24) is 10.3 Å². The zero-order valence-corrected chi connectivity index (χ0v) is 22.6. The zero-order chi connectivity index (χ0) is 27.4. The van der Waals surface area contributed by atoms with Crippen LogP contribution in [0.3, 0.4) is 0 Å². The van der Waals surface area contributed by atoms with Crippen LogP contribution in [0, 0.1) is 13.8 Å². The highest BCUT2D eigenvalue weighted by Crippen LogP contribution is 2.27. The van der Waals surface area contributed by atoms with Crippen molar-refractivity contribution < 1.29 is 23.8 Å². The van der Waals surface area contributed by atoms with Crippen LogP contribution < -0.4 is 15.4 Å². The second-order valence-electron chi connectivity index (χ2n) is 10.9. The minimum Gasteiger partial charge on any atom is -0.478 e. The Morgan fingerprint density at radius 1 is 1.05 bits per heavy atom. The van der Waals surface area contributed by atoms with Gasteiger partial charge in [0.25, 0.3) is 0 Å². The summed E-state index contributed by atoms with van der Waals surface area (Å²) < 4.78 is 11.2. The summed E-state index contributed by atoms with van der Waals surface area (Å²) in [5, 5.41) is 15.6. The lowest BCUT2D eigenvalue weighted by molar-refractivity contribution is -0.152. The second kappa shape index (κ2) is 11.2. The average Bonchev–Trinajstić information content (AvgIpc) is 3.24. The van der Waals surface area contributed by atoms with Gasteiger partial charge in [-0.15, -0.1) is 0 Å². The molecule has 0 saturated carbocycles. The van der Waals surface area contributed by atoms with Crippen LogP contribution in [-0.4, -0.2) is 27.6 Å². The van der Waals surface area contributed by atoms with Gasteiger partial charge in [-0.05, 0) is 68.0 Å². The Hall–Kier alpha value is -3.65. The molecule has 1 heterocycles. The number of carboxylic acid groups (broad SMARTS) is 1. The molecule has 8 nitrogen and oxygen atoms in total. The van der Waals surface area contributed by atoms with E-state index in [1.54, 1.807) is 18.4 Å². The maximum absolute atomic E-state index is 13.0. The van der Waals surface area contributed by atoms with E-state index in [1.165, 1.54) is 19.4 Å². The first-order chi connectivity index (χ1) is 17.2. The highest BCUT2D eigenvalue weighted by Gasteiger charge is 2.29. The number of carbonyl (C=O) groups excluding carboxylic acids is 1. The van der Waals surface area contributed by atoms with Crippen LogP contribution in [0.2, 0.25) is 0 Å². The van der Waals surface area contributed by atoms with E-state index in [0.29, 0.717) is 18.2 Å². The number of carboxylic acids is 1. The monoisotopic (exact) mass is 507 g/mol. The number of aliphatic carboxylic acids is 1. The number of oxazole rings is 1. The second-order valence-corrected chi connectivity index (χ2v) is 10.9. The van der Waals surface area contributed by atoms with Crippen LogP contribution in [0.5, 0.6) is 5.75 Å². The van der Waals surface area contributed by atoms with Gasteiger partial charge in [-0.1, -0.05) is 45.0 Å². The lowest BCUT2D eigenvalue weighted by Crippen LogP contribution is -2.37. The van der Waals surface area contributed by atoms with Crippen LogP contribution in [0.25, 0.3) is 0 Å². The molecular formula is C29H37N3O5. The Bertz CT molecular complexity index is 1240. The molecule has 1 aromatic heterocycles. The minimum atomic E-state index is -1.33. The minimum absolute atomic E-state index is 0.0297. The fourth-order valence-corrected chi connectivity index (χ4v) is 3.69. The van der Waals surface area contributed by atoms with Gasteiger partial charge in [-0.2, -0.15) is 0 Å². The average molecular weight is 508 g/mol. The van der Waals surface area contributed by atoms with Crippen molar-refractivity contribution in [3.63, 3.8) is 0 Å². The van der Waals surface area contributed by atoms with Crippen LogP contribution in [0.4, 0.5) is 5.69 Å². The Kier molecular flexibility index (Phi) is 8.43. The van der Waals surface area contributed by atoms with E-state index < -0.39 is 17.6 Å². The van der Waals surface area contributed by atoms with E-state index in [9.17, 15) is 14.7 Å². The molecule has 0 saturated heterocycles. The molecule has 0 radical (unpaired) electrons. The summed E-state index contributed by atoms with van der Waals surface area (Å²) in [6, 6.07) is 12.8. The number of aromatic nitrogens is 1. The molecule has 0 aliphatic carbocycles. The van der Waals surface area contributed by atoms with Crippen molar-refractivity contribution in [3.05, 3.63) is 77.0 Å². The molecule has 1 amide bonds. The summed E-state index contributed by atoms with van der Waals surface area (Å²) in [6.07, 6.45) is 1.70. The number of amides is 1. The number of hydrogen-bond acceptors (Lipinski definition) is 6. The molecule has 0 bridgehead atoms. The normalized spacial score (nSPS) is 12.7. The smallest absolute Gasteiger partial charge is 0.347 e. The Morgan fingerprint density at radius 3 is 2.27 bits per heavy atom.